The average molecular weight is 590 g/mol. The van der Waals surface area contributed by atoms with E-state index in [2.05, 4.69) is 14.9 Å². The highest BCUT2D eigenvalue weighted by Crippen LogP contribution is 2.42. The van der Waals surface area contributed by atoms with Gasteiger partial charge in [-0.3, -0.25) is 0 Å². The zero-order valence-corrected chi connectivity index (χ0v) is 24.3. The molecule has 41 heavy (non-hydrogen) atoms. The Morgan fingerprint density at radius 3 is 2.49 bits per heavy atom. The molecule has 2 fully saturated rings. The van der Waals surface area contributed by atoms with Crippen LogP contribution in [0.1, 0.15) is 33.6 Å². The van der Waals surface area contributed by atoms with Crippen LogP contribution in [0.2, 0.25) is 5.02 Å². The number of fused-ring (bicyclic) bond motifs is 1. The molecule has 1 amide bonds. The van der Waals surface area contributed by atoms with Crippen LogP contribution in [0.25, 0.3) is 22.0 Å². The Balaban J connectivity index is 1.54. The quantitative estimate of drug-likeness (QED) is 0.419. The summed E-state index contributed by atoms with van der Waals surface area (Å²) in [6, 6.07) is 5.34. The van der Waals surface area contributed by atoms with Gasteiger partial charge in [0.25, 0.3) is 0 Å². The SMILES string of the molecule is CN1CCC[C@H]1COc1nc(N2CCN(C(=O)OC(C)(C)C)CC2)c2cc(Cl)c(-c3c(O)cccc3F)c(F)c2n1. The molecule has 5 rings (SSSR count). The Bertz CT molecular complexity index is 1440. The van der Waals surface area contributed by atoms with Crippen LogP contribution in [0.15, 0.2) is 24.3 Å². The molecule has 3 heterocycles. The molecule has 2 aromatic carbocycles. The van der Waals surface area contributed by atoms with Gasteiger partial charge in [0.05, 0.1) is 10.6 Å². The van der Waals surface area contributed by atoms with Gasteiger partial charge in [0.1, 0.15) is 35.1 Å². The first-order valence-electron chi connectivity index (χ1n) is 13.7. The van der Waals surface area contributed by atoms with Crippen LogP contribution >= 0.6 is 11.6 Å². The van der Waals surface area contributed by atoms with Crippen molar-refractivity contribution in [1.82, 2.24) is 19.8 Å². The van der Waals surface area contributed by atoms with Crippen molar-refractivity contribution in [3.63, 3.8) is 0 Å². The summed E-state index contributed by atoms with van der Waals surface area (Å²) in [4.78, 5) is 27.4. The van der Waals surface area contributed by atoms with E-state index in [1.54, 1.807) is 4.90 Å². The maximum Gasteiger partial charge on any atom is 0.410 e. The standard InChI is InChI=1S/C29H34ClF2N5O4/c1-29(2,3)41-28(39)37-13-11-36(12-14-37)26-18-15-19(30)22(23-20(31)8-5-9-21(23)38)24(32)25(18)33-27(34-26)40-16-17-7-6-10-35(17)4/h5,8-9,15,17,38H,6-7,10-14,16H2,1-4H3/t17-/m0/s1. The van der Waals surface area contributed by atoms with Crippen molar-refractivity contribution in [2.24, 2.45) is 0 Å². The number of likely N-dealkylation sites (N-methyl/N-ethyl adjacent to an activating group) is 1. The molecule has 0 saturated carbocycles. The lowest BCUT2D eigenvalue weighted by Crippen LogP contribution is -2.50. The molecule has 9 nitrogen and oxygen atoms in total. The van der Waals surface area contributed by atoms with E-state index in [4.69, 9.17) is 21.1 Å². The third kappa shape index (κ3) is 6.11. The van der Waals surface area contributed by atoms with Crippen LogP contribution in [0.5, 0.6) is 11.8 Å². The molecule has 2 aliphatic heterocycles. The minimum absolute atomic E-state index is 0.0210. The topological polar surface area (TPSA) is 91.3 Å². The summed E-state index contributed by atoms with van der Waals surface area (Å²) in [6.45, 7) is 8.23. The number of aromatic nitrogens is 2. The molecule has 0 spiro atoms. The number of benzene rings is 2. The van der Waals surface area contributed by atoms with Crippen LogP contribution < -0.4 is 9.64 Å². The average Bonchev–Trinajstić information content (AvgIpc) is 3.32. The van der Waals surface area contributed by atoms with E-state index in [1.807, 2.05) is 32.7 Å². The van der Waals surface area contributed by atoms with Gasteiger partial charge in [0.2, 0.25) is 0 Å². The maximum atomic E-state index is 16.2. The Kier molecular flexibility index (Phi) is 8.11. The van der Waals surface area contributed by atoms with Crippen LogP contribution in [-0.2, 0) is 4.74 Å². The molecule has 12 heteroatoms. The van der Waals surface area contributed by atoms with E-state index in [-0.39, 0.29) is 33.7 Å². The Morgan fingerprint density at radius 2 is 1.85 bits per heavy atom. The smallest absolute Gasteiger partial charge is 0.410 e. The van der Waals surface area contributed by atoms with Gasteiger partial charge in [-0.05, 0) is 65.4 Å². The maximum absolute atomic E-state index is 16.2. The molecule has 0 bridgehead atoms. The number of hydrogen-bond donors (Lipinski definition) is 1. The second-order valence-electron chi connectivity index (χ2n) is 11.4. The summed E-state index contributed by atoms with van der Waals surface area (Å²) in [5.41, 5.74) is -1.37. The van der Waals surface area contributed by atoms with Gasteiger partial charge in [-0.15, -0.1) is 0 Å². The first kappa shape index (κ1) is 29.1. The minimum atomic E-state index is -0.897. The second kappa shape index (κ2) is 11.4. The van der Waals surface area contributed by atoms with Crippen molar-refractivity contribution < 1.29 is 28.2 Å². The van der Waals surface area contributed by atoms with Crippen LogP contribution in [-0.4, -0.2) is 89.0 Å². The number of carbonyl (C=O) groups is 1. The first-order valence-corrected chi connectivity index (χ1v) is 14.0. The number of halogens is 3. The molecule has 3 aromatic rings. The van der Waals surface area contributed by atoms with E-state index in [9.17, 15) is 14.3 Å². The summed E-state index contributed by atoms with van der Waals surface area (Å²) in [6.07, 6.45) is 1.61. The highest BCUT2D eigenvalue weighted by molar-refractivity contribution is 6.34. The molecule has 0 unspecified atom stereocenters. The third-order valence-corrected chi connectivity index (χ3v) is 7.69. The molecule has 0 aliphatic carbocycles. The second-order valence-corrected chi connectivity index (χ2v) is 11.9. The van der Waals surface area contributed by atoms with Crippen LogP contribution in [0.4, 0.5) is 19.4 Å². The minimum Gasteiger partial charge on any atom is -0.507 e. The molecule has 2 saturated heterocycles. The van der Waals surface area contributed by atoms with Crippen molar-refractivity contribution >= 4 is 34.4 Å². The number of anilines is 1. The number of piperazine rings is 1. The summed E-state index contributed by atoms with van der Waals surface area (Å²) < 4.78 is 42.5. The van der Waals surface area contributed by atoms with E-state index in [0.29, 0.717) is 44.0 Å². The predicted octanol–water partition coefficient (Wildman–Crippen LogP) is 5.46. The molecular weight excluding hydrogens is 556 g/mol. The van der Waals surface area contributed by atoms with E-state index in [0.717, 1.165) is 25.5 Å². The number of carbonyl (C=O) groups excluding carboxylic acids is 1. The van der Waals surface area contributed by atoms with Gasteiger partial charge in [-0.2, -0.15) is 9.97 Å². The molecular formula is C29H34ClF2N5O4. The van der Waals surface area contributed by atoms with Crippen molar-refractivity contribution in [3.8, 4) is 22.9 Å². The fourth-order valence-corrected chi connectivity index (χ4v) is 5.53. The number of phenols is 1. The number of ether oxygens (including phenoxy) is 2. The molecule has 220 valence electrons. The molecule has 1 atom stereocenters. The normalized spacial score (nSPS) is 18.3. The monoisotopic (exact) mass is 589 g/mol. The highest BCUT2D eigenvalue weighted by Gasteiger charge is 2.30. The molecule has 0 radical (unpaired) electrons. The number of likely N-dealkylation sites (tertiary alicyclic amines) is 1. The van der Waals surface area contributed by atoms with Crippen molar-refractivity contribution in [3.05, 3.63) is 40.9 Å². The Labute approximate surface area is 242 Å². The fourth-order valence-electron chi connectivity index (χ4n) is 5.24. The van der Waals surface area contributed by atoms with Gasteiger partial charge in [0.15, 0.2) is 5.82 Å². The fraction of sp³-hybridized carbons (Fsp3) is 0.483. The number of amides is 1. The Hall–Kier alpha value is -3.44. The predicted molar refractivity (Wildman–Crippen MR) is 153 cm³/mol. The van der Waals surface area contributed by atoms with Crippen LogP contribution in [0, 0.1) is 11.6 Å². The third-order valence-electron chi connectivity index (χ3n) is 7.39. The number of phenolic OH excluding ortho intramolecular Hbond substituents is 1. The van der Waals surface area contributed by atoms with Gasteiger partial charge in [-0.25, -0.2) is 13.6 Å². The van der Waals surface area contributed by atoms with Crippen molar-refractivity contribution in [2.45, 2.75) is 45.3 Å². The number of hydrogen-bond acceptors (Lipinski definition) is 8. The van der Waals surface area contributed by atoms with Crippen LogP contribution in [0.3, 0.4) is 0 Å². The summed E-state index contributed by atoms with van der Waals surface area (Å²) in [7, 11) is 2.02. The zero-order chi connectivity index (χ0) is 29.5. The summed E-state index contributed by atoms with van der Waals surface area (Å²) >= 11 is 6.53. The number of nitrogens with zero attached hydrogens (tertiary/aromatic N) is 5. The lowest BCUT2D eigenvalue weighted by Gasteiger charge is -2.36. The summed E-state index contributed by atoms with van der Waals surface area (Å²) in [5.74, 6) is -1.78. The van der Waals surface area contributed by atoms with Gasteiger partial charge < -0.3 is 29.3 Å². The van der Waals surface area contributed by atoms with E-state index < -0.39 is 29.1 Å². The van der Waals surface area contributed by atoms with Gasteiger partial charge >= 0.3 is 12.1 Å². The van der Waals surface area contributed by atoms with Crippen molar-refractivity contribution in [2.75, 3.05) is 51.3 Å². The lowest BCUT2D eigenvalue weighted by atomic mass is 10.0. The van der Waals surface area contributed by atoms with Gasteiger partial charge in [-0.1, -0.05) is 17.7 Å². The highest BCUT2D eigenvalue weighted by atomic mass is 35.5. The van der Waals surface area contributed by atoms with E-state index >= 15 is 4.39 Å². The van der Waals surface area contributed by atoms with Crippen molar-refractivity contribution in [1.29, 1.82) is 0 Å². The van der Waals surface area contributed by atoms with Gasteiger partial charge in [0, 0.05) is 43.2 Å². The number of rotatable bonds is 5. The largest absolute Gasteiger partial charge is 0.507 e. The number of aromatic hydroxyl groups is 1. The molecule has 2 aliphatic rings. The first-order chi connectivity index (χ1) is 19.4. The Morgan fingerprint density at radius 1 is 1.12 bits per heavy atom. The summed E-state index contributed by atoms with van der Waals surface area (Å²) in [5, 5.41) is 10.6. The van der Waals surface area contributed by atoms with E-state index in [1.165, 1.54) is 18.2 Å². The lowest BCUT2D eigenvalue weighted by molar-refractivity contribution is 0.0240. The molecule has 1 N–H and O–H groups in total. The molecule has 1 aromatic heterocycles. The zero-order valence-electron chi connectivity index (χ0n) is 23.6.